The van der Waals surface area contributed by atoms with Crippen molar-refractivity contribution >= 4 is 5.97 Å². The molecule has 0 radical (unpaired) electrons. The van der Waals surface area contributed by atoms with Gasteiger partial charge in [0.25, 0.3) is 0 Å². The van der Waals surface area contributed by atoms with E-state index in [9.17, 15) is 20.1 Å². The van der Waals surface area contributed by atoms with Crippen molar-refractivity contribution in [2.45, 2.75) is 105 Å². The van der Waals surface area contributed by atoms with Crippen LogP contribution in [0.2, 0.25) is 0 Å². The van der Waals surface area contributed by atoms with Gasteiger partial charge in [-0.15, -0.1) is 0 Å². The van der Waals surface area contributed by atoms with E-state index >= 15 is 0 Å². The second-order valence-corrected chi connectivity index (χ2v) is 14.2. The Labute approximate surface area is 200 Å². The third kappa shape index (κ3) is 2.98. The lowest BCUT2D eigenvalue weighted by molar-refractivity contribution is -0.192. The normalized spacial score (nSPS) is 53.1. The molecule has 4 saturated carbocycles. The van der Waals surface area contributed by atoms with Crippen molar-refractivity contribution in [2.75, 3.05) is 6.61 Å². The number of aliphatic hydroxyl groups excluding tert-OH is 2. The second kappa shape index (κ2) is 7.32. The van der Waals surface area contributed by atoms with Gasteiger partial charge in [0.2, 0.25) is 0 Å². The molecule has 5 aliphatic carbocycles. The summed E-state index contributed by atoms with van der Waals surface area (Å²) >= 11 is 0. The number of allylic oxidation sites excluding steroid dienone is 2. The van der Waals surface area contributed by atoms with E-state index < -0.39 is 11.4 Å². The predicted molar refractivity (Wildman–Crippen MR) is 129 cm³/mol. The minimum absolute atomic E-state index is 0.00311. The molecule has 3 N–H and O–H groups in total. The number of fused-ring (bicyclic) bond motifs is 7. The van der Waals surface area contributed by atoms with Crippen LogP contribution >= 0.6 is 0 Å². The molecule has 0 aromatic heterocycles. The molecule has 4 heteroatoms. The van der Waals surface area contributed by atoms with Crippen molar-refractivity contribution in [2.24, 2.45) is 50.7 Å². The highest BCUT2D eigenvalue weighted by Gasteiger charge is 2.68. The summed E-state index contributed by atoms with van der Waals surface area (Å²) in [6.45, 7) is 12.2. The molecular weight excluding hydrogens is 412 g/mol. The van der Waals surface area contributed by atoms with Gasteiger partial charge in [-0.3, -0.25) is 4.79 Å². The Morgan fingerprint density at radius 2 is 1.70 bits per heavy atom. The van der Waals surface area contributed by atoms with E-state index in [0.717, 1.165) is 64.2 Å². The first-order valence-electron chi connectivity index (χ1n) is 13.6. The van der Waals surface area contributed by atoms with E-state index in [1.54, 1.807) is 0 Å². The number of rotatable bonds is 2. The molecule has 4 fully saturated rings. The maximum Gasteiger partial charge on any atom is 0.310 e. The lowest BCUT2D eigenvalue weighted by atomic mass is 9.34. The third-order valence-electron chi connectivity index (χ3n) is 12.6. The molecule has 9 atom stereocenters. The fourth-order valence-electron chi connectivity index (χ4n) is 10.3. The van der Waals surface area contributed by atoms with Gasteiger partial charge < -0.3 is 15.3 Å². The van der Waals surface area contributed by atoms with E-state index in [0.29, 0.717) is 11.8 Å². The van der Waals surface area contributed by atoms with E-state index in [2.05, 4.69) is 40.7 Å². The maximum atomic E-state index is 12.7. The topological polar surface area (TPSA) is 77.8 Å². The number of hydrogen-bond acceptors (Lipinski definition) is 3. The van der Waals surface area contributed by atoms with Crippen LogP contribution in [0.3, 0.4) is 0 Å². The summed E-state index contributed by atoms with van der Waals surface area (Å²) < 4.78 is 0. The Morgan fingerprint density at radius 3 is 2.36 bits per heavy atom. The number of carboxylic acids is 1. The van der Waals surface area contributed by atoms with Crippen LogP contribution in [-0.4, -0.2) is 34.0 Å². The van der Waals surface area contributed by atoms with Crippen LogP contribution in [0.15, 0.2) is 11.6 Å². The molecule has 0 amide bonds. The highest BCUT2D eigenvalue weighted by Crippen LogP contribution is 2.74. The smallest absolute Gasteiger partial charge is 0.310 e. The lowest BCUT2D eigenvalue weighted by Crippen LogP contribution is -2.64. The Balaban J connectivity index is 1.58. The Morgan fingerprint density at radius 1 is 1.00 bits per heavy atom. The molecule has 0 aliphatic heterocycles. The van der Waals surface area contributed by atoms with Crippen molar-refractivity contribution in [1.82, 2.24) is 0 Å². The average Bonchev–Trinajstić information content (AvgIpc) is 2.74. The van der Waals surface area contributed by atoms with Crippen molar-refractivity contribution in [3.63, 3.8) is 0 Å². The Kier molecular flexibility index (Phi) is 5.29. The van der Waals surface area contributed by atoms with E-state index in [1.807, 2.05) is 0 Å². The van der Waals surface area contributed by atoms with Crippen LogP contribution < -0.4 is 0 Å². The van der Waals surface area contributed by atoms with Gasteiger partial charge in [-0.05, 0) is 104 Å². The van der Waals surface area contributed by atoms with Gasteiger partial charge in [0, 0.05) is 12.5 Å². The van der Waals surface area contributed by atoms with Gasteiger partial charge in [-0.2, -0.15) is 0 Å². The number of carbonyl (C=O) groups is 1. The molecule has 33 heavy (non-hydrogen) atoms. The minimum Gasteiger partial charge on any atom is -0.481 e. The van der Waals surface area contributed by atoms with Crippen LogP contribution in [0.5, 0.6) is 0 Å². The second-order valence-electron chi connectivity index (χ2n) is 14.2. The molecule has 0 heterocycles. The fourth-order valence-corrected chi connectivity index (χ4v) is 10.3. The van der Waals surface area contributed by atoms with Gasteiger partial charge in [0.15, 0.2) is 0 Å². The van der Waals surface area contributed by atoms with Gasteiger partial charge in [0.1, 0.15) is 0 Å². The molecule has 5 aliphatic rings. The highest BCUT2D eigenvalue weighted by molar-refractivity contribution is 5.76. The van der Waals surface area contributed by atoms with Gasteiger partial charge in [0.05, 0.1) is 11.5 Å². The molecule has 0 unspecified atom stereocenters. The zero-order chi connectivity index (χ0) is 24.0. The number of aliphatic hydroxyl groups is 2. The van der Waals surface area contributed by atoms with Crippen molar-refractivity contribution < 1.29 is 20.1 Å². The summed E-state index contributed by atoms with van der Waals surface area (Å²) in [7, 11) is 0. The Hall–Kier alpha value is -0.870. The number of hydrogen-bond donors (Lipinski definition) is 3. The first-order chi connectivity index (χ1) is 15.3. The van der Waals surface area contributed by atoms with Crippen LogP contribution in [0.4, 0.5) is 0 Å². The largest absolute Gasteiger partial charge is 0.481 e. The quantitative estimate of drug-likeness (QED) is 0.456. The summed E-state index contributed by atoms with van der Waals surface area (Å²) in [4.78, 5) is 12.7. The average molecular weight is 459 g/mol. The molecule has 4 nitrogen and oxygen atoms in total. The predicted octanol–water partition coefficient (Wildman–Crippen LogP) is 5.82. The van der Waals surface area contributed by atoms with Crippen molar-refractivity contribution in [1.29, 1.82) is 0 Å². The minimum atomic E-state index is -0.581. The van der Waals surface area contributed by atoms with Crippen molar-refractivity contribution in [3.05, 3.63) is 11.6 Å². The first-order valence-corrected chi connectivity index (χ1v) is 13.6. The molecule has 5 rings (SSSR count). The standard InChI is InChI=1S/C29H46O4/c1-25(2)12-14-29(24(32)33)15-13-27(4)20(21(29)16-25)6-7-23-26(3)10-9-22(31)18(17-30)19(26)8-11-28(23,27)5/h6,18-19,21-23,30-31H,7-17H2,1-5H3,(H,32,33)/t18-,19-,21-,22+,23+,26-,27+,28+,29-/m0/s1. The van der Waals surface area contributed by atoms with Crippen LogP contribution in [0.1, 0.15) is 98.8 Å². The molecule has 0 spiro atoms. The molecule has 0 aromatic carbocycles. The van der Waals surface area contributed by atoms with Crippen molar-refractivity contribution in [3.8, 4) is 0 Å². The Bertz CT molecular complexity index is 862. The number of carboxylic acid groups (broad SMARTS) is 1. The zero-order valence-corrected chi connectivity index (χ0v) is 21.5. The molecule has 186 valence electrons. The maximum absolute atomic E-state index is 12.7. The molecule has 0 saturated heterocycles. The first kappa shape index (κ1) is 23.9. The molecule has 0 aromatic rings. The van der Waals surface area contributed by atoms with Gasteiger partial charge >= 0.3 is 5.97 Å². The molecular formula is C29H46O4. The van der Waals surface area contributed by atoms with Crippen LogP contribution in [0.25, 0.3) is 0 Å². The van der Waals surface area contributed by atoms with E-state index in [1.165, 1.54) is 5.57 Å². The highest BCUT2D eigenvalue weighted by atomic mass is 16.4. The summed E-state index contributed by atoms with van der Waals surface area (Å²) in [5.74, 6) is 0.475. The van der Waals surface area contributed by atoms with Gasteiger partial charge in [-0.25, -0.2) is 0 Å². The monoisotopic (exact) mass is 458 g/mol. The number of aliphatic carboxylic acids is 1. The van der Waals surface area contributed by atoms with Crippen LogP contribution in [-0.2, 0) is 4.79 Å². The van der Waals surface area contributed by atoms with Crippen LogP contribution in [0, 0.1) is 50.7 Å². The summed E-state index contributed by atoms with van der Waals surface area (Å²) in [6, 6.07) is 0. The molecule has 0 bridgehead atoms. The SMILES string of the molecule is CC1(C)CC[C@]2(C(=O)O)CC[C@]3(C)C(=CC[C@@H]4[C@@]5(C)CC[C@@H](O)[C@@H](CO)[C@@H]5CC[C@]43C)[C@@H]2C1. The zero-order valence-electron chi connectivity index (χ0n) is 21.5. The summed E-state index contributed by atoms with van der Waals surface area (Å²) in [5.41, 5.74) is 1.37. The fraction of sp³-hybridized carbons (Fsp3) is 0.897. The van der Waals surface area contributed by atoms with E-state index in [4.69, 9.17) is 0 Å². The van der Waals surface area contributed by atoms with E-state index in [-0.39, 0.29) is 46.2 Å². The lowest BCUT2D eigenvalue weighted by Gasteiger charge is -2.70. The third-order valence-corrected chi connectivity index (χ3v) is 12.6. The summed E-state index contributed by atoms with van der Waals surface area (Å²) in [6.07, 6.45) is 11.7. The van der Waals surface area contributed by atoms with Gasteiger partial charge in [-0.1, -0.05) is 46.3 Å². The summed E-state index contributed by atoms with van der Waals surface area (Å²) in [5, 5.41) is 31.3.